The molecule has 0 saturated carbocycles. The summed E-state index contributed by atoms with van der Waals surface area (Å²) in [5.74, 6) is -1.19. The van der Waals surface area contributed by atoms with Crippen molar-refractivity contribution in [2.24, 2.45) is 11.8 Å². The number of likely N-dealkylation sites (tertiary alicyclic amines) is 1. The van der Waals surface area contributed by atoms with E-state index in [-0.39, 0.29) is 11.9 Å². The van der Waals surface area contributed by atoms with Crippen molar-refractivity contribution in [2.75, 3.05) is 6.54 Å². The van der Waals surface area contributed by atoms with Crippen molar-refractivity contribution in [3.05, 3.63) is 23.9 Å². The standard InChI is InChI=1S/C16H21N3O4/c1-10-17-14(23-18-10)13-8-4-5-9-19(13)15(20)11-6-2-3-7-12(11)16(21)22/h2-3,11-13H,4-9H2,1H3,(H,21,22)/t11-,12+,13+/m1/s1. The van der Waals surface area contributed by atoms with Crippen molar-refractivity contribution >= 4 is 11.9 Å². The minimum atomic E-state index is -0.908. The molecule has 3 rings (SSSR count). The highest BCUT2D eigenvalue weighted by Gasteiger charge is 2.40. The molecule has 1 amide bonds. The third-order valence-corrected chi connectivity index (χ3v) is 4.68. The smallest absolute Gasteiger partial charge is 0.307 e. The van der Waals surface area contributed by atoms with Crippen molar-refractivity contribution < 1.29 is 19.2 Å². The number of carbonyl (C=O) groups excluding carboxylic acids is 1. The van der Waals surface area contributed by atoms with Gasteiger partial charge in [0.15, 0.2) is 5.82 Å². The summed E-state index contributed by atoms with van der Waals surface area (Å²) in [6.07, 6.45) is 7.30. The summed E-state index contributed by atoms with van der Waals surface area (Å²) in [7, 11) is 0. The number of aromatic nitrogens is 2. The van der Waals surface area contributed by atoms with E-state index in [1.165, 1.54) is 0 Å². The Morgan fingerprint density at radius 3 is 2.65 bits per heavy atom. The monoisotopic (exact) mass is 319 g/mol. The Labute approximate surface area is 134 Å². The summed E-state index contributed by atoms with van der Waals surface area (Å²) in [5.41, 5.74) is 0. The number of piperidine rings is 1. The predicted octanol–water partition coefficient (Wildman–Crippen LogP) is 2.10. The second kappa shape index (κ2) is 6.52. The molecule has 0 aromatic carbocycles. The van der Waals surface area contributed by atoms with Gasteiger partial charge in [-0.05, 0) is 39.0 Å². The van der Waals surface area contributed by atoms with Crippen LogP contribution in [0.2, 0.25) is 0 Å². The number of hydrogen-bond donors (Lipinski definition) is 1. The molecule has 124 valence electrons. The normalized spacial score (nSPS) is 27.9. The van der Waals surface area contributed by atoms with Crippen LogP contribution in [0.5, 0.6) is 0 Å². The molecule has 2 aliphatic rings. The number of amides is 1. The fourth-order valence-electron chi connectivity index (χ4n) is 3.47. The number of carboxylic acid groups (broad SMARTS) is 1. The number of carbonyl (C=O) groups is 2. The lowest BCUT2D eigenvalue weighted by Gasteiger charge is -2.37. The van der Waals surface area contributed by atoms with Gasteiger partial charge in [-0.3, -0.25) is 9.59 Å². The highest BCUT2D eigenvalue weighted by molar-refractivity contribution is 5.85. The molecule has 2 heterocycles. The van der Waals surface area contributed by atoms with Gasteiger partial charge in [0.25, 0.3) is 0 Å². The zero-order valence-electron chi connectivity index (χ0n) is 13.1. The Morgan fingerprint density at radius 2 is 2.00 bits per heavy atom. The van der Waals surface area contributed by atoms with Gasteiger partial charge in [0.1, 0.15) is 6.04 Å². The van der Waals surface area contributed by atoms with E-state index >= 15 is 0 Å². The van der Waals surface area contributed by atoms with Gasteiger partial charge in [-0.1, -0.05) is 17.3 Å². The fourth-order valence-corrected chi connectivity index (χ4v) is 3.47. The lowest BCUT2D eigenvalue weighted by molar-refractivity contribution is -0.152. The van der Waals surface area contributed by atoms with E-state index in [2.05, 4.69) is 10.1 Å². The summed E-state index contributed by atoms with van der Waals surface area (Å²) in [6, 6.07) is -0.238. The zero-order valence-corrected chi connectivity index (χ0v) is 13.1. The number of allylic oxidation sites excluding steroid dienone is 2. The number of rotatable bonds is 3. The molecule has 0 unspecified atom stereocenters. The van der Waals surface area contributed by atoms with Crippen molar-refractivity contribution in [1.29, 1.82) is 0 Å². The summed E-state index contributed by atoms with van der Waals surface area (Å²) >= 11 is 0. The molecule has 0 radical (unpaired) electrons. The first-order chi connectivity index (χ1) is 11.1. The molecule has 1 aliphatic carbocycles. The molecule has 3 atom stereocenters. The SMILES string of the molecule is Cc1noc([C@@H]2CCCCN2C(=O)[C@@H]2CC=CC[C@@H]2C(=O)O)n1. The maximum absolute atomic E-state index is 13.0. The topological polar surface area (TPSA) is 96.5 Å². The molecule has 7 heteroatoms. The molecule has 1 saturated heterocycles. The van der Waals surface area contributed by atoms with Crippen LogP contribution in [0.1, 0.15) is 49.9 Å². The first kappa shape index (κ1) is 15.7. The Kier molecular flexibility index (Phi) is 4.45. The van der Waals surface area contributed by atoms with Gasteiger partial charge in [0.2, 0.25) is 11.8 Å². The second-order valence-corrected chi connectivity index (χ2v) is 6.22. The van der Waals surface area contributed by atoms with Crippen LogP contribution in [0.4, 0.5) is 0 Å². The zero-order chi connectivity index (χ0) is 16.4. The highest BCUT2D eigenvalue weighted by Crippen LogP contribution is 2.35. The van der Waals surface area contributed by atoms with Crippen LogP contribution < -0.4 is 0 Å². The summed E-state index contributed by atoms with van der Waals surface area (Å²) < 4.78 is 5.26. The minimum Gasteiger partial charge on any atom is -0.481 e. The Balaban J connectivity index is 1.83. The molecule has 1 fully saturated rings. The van der Waals surface area contributed by atoms with Crippen molar-refractivity contribution in [1.82, 2.24) is 15.0 Å². The third-order valence-electron chi connectivity index (χ3n) is 4.68. The number of nitrogens with zero attached hydrogens (tertiary/aromatic N) is 3. The van der Waals surface area contributed by atoms with E-state index in [4.69, 9.17) is 4.52 Å². The number of carboxylic acids is 1. The molecule has 1 N–H and O–H groups in total. The van der Waals surface area contributed by atoms with Gasteiger partial charge < -0.3 is 14.5 Å². The van der Waals surface area contributed by atoms with Gasteiger partial charge in [0.05, 0.1) is 11.8 Å². The average molecular weight is 319 g/mol. The predicted molar refractivity (Wildman–Crippen MR) is 80.3 cm³/mol. The van der Waals surface area contributed by atoms with Crippen LogP contribution in [0.15, 0.2) is 16.7 Å². The average Bonchev–Trinajstić information content (AvgIpc) is 3.00. The van der Waals surface area contributed by atoms with Crippen LogP contribution in [0.25, 0.3) is 0 Å². The van der Waals surface area contributed by atoms with E-state index in [9.17, 15) is 14.7 Å². The van der Waals surface area contributed by atoms with Crippen molar-refractivity contribution in [2.45, 2.75) is 45.1 Å². The van der Waals surface area contributed by atoms with Crippen molar-refractivity contribution in [3.63, 3.8) is 0 Å². The minimum absolute atomic E-state index is 0.109. The molecule has 7 nitrogen and oxygen atoms in total. The van der Waals surface area contributed by atoms with Crippen LogP contribution in [0, 0.1) is 18.8 Å². The van der Waals surface area contributed by atoms with E-state index < -0.39 is 17.8 Å². The van der Waals surface area contributed by atoms with Crippen LogP contribution in [0.3, 0.4) is 0 Å². The van der Waals surface area contributed by atoms with E-state index in [1.807, 2.05) is 12.2 Å². The van der Waals surface area contributed by atoms with Gasteiger partial charge in [-0.15, -0.1) is 0 Å². The molecule has 1 aromatic rings. The number of hydrogen-bond acceptors (Lipinski definition) is 5. The summed E-state index contributed by atoms with van der Waals surface area (Å²) in [6.45, 7) is 2.35. The van der Waals surface area contributed by atoms with Gasteiger partial charge in [-0.25, -0.2) is 0 Å². The lowest BCUT2D eigenvalue weighted by Crippen LogP contribution is -2.45. The Bertz CT molecular complexity index is 625. The quantitative estimate of drug-likeness (QED) is 0.857. The third kappa shape index (κ3) is 3.13. The van der Waals surface area contributed by atoms with Gasteiger partial charge >= 0.3 is 5.97 Å². The fraction of sp³-hybridized carbons (Fsp3) is 0.625. The summed E-state index contributed by atoms with van der Waals surface area (Å²) in [5, 5.41) is 13.2. The first-order valence-corrected chi connectivity index (χ1v) is 8.06. The second-order valence-electron chi connectivity index (χ2n) is 6.22. The Morgan fingerprint density at radius 1 is 1.26 bits per heavy atom. The Hall–Kier alpha value is -2.18. The van der Waals surface area contributed by atoms with Crippen LogP contribution in [-0.4, -0.2) is 38.6 Å². The molecule has 23 heavy (non-hydrogen) atoms. The van der Waals surface area contributed by atoms with Gasteiger partial charge in [0, 0.05) is 6.54 Å². The number of aryl methyl sites for hydroxylation is 1. The maximum Gasteiger partial charge on any atom is 0.307 e. The maximum atomic E-state index is 13.0. The number of aliphatic carboxylic acids is 1. The first-order valence-electron chi connectivity index (χ1n) is 8.06. The molecule has 0 spiro atoms. The summed E-state index contributed by atoms with van der Waals surface area (Å²) in [4.78, 5) is 30.5. The van der Waals surface area contributed by atoms with E-state index in [0.717, 1.165) is 19.3 Å². The largest absolute Gasteiger partial charge is 0.481 e. The lowest BCUT2D eigenvalue weighted by atomic mass is 9.81. The van der Waals surface area contributed by atoms with Crippen LogP contribution in [-0.2, 0) is 9.59 Å². The van der Waals surface area contributed by atoms with E-state index in [1.54, 1.807) is 11.8 Å². The molecular weight excluding hydrogens is 298 g/mol. The van der Waals surface area contributed by atoms with Gasteiger partial charge in [-0.2, -0.15) is 4.98 Å². The molecule has 1 aliphatic heterocycles. The molecule has 0 bridgehead atoms. The van der Waals surface area contributed by atoms with Crippen LogP contribution >= 0.6 is 0 Å². The van der Waals surface area contributed by atoms with Crippen molar-refractivity contribution in [3.8, 4) is 0 Å². The highest BCUT2D eigenvalue weighted by atomic mass is 16.5. The molecular formula is C16H21N3O4. The molecule has 1 aromatic heterocycles. The van der Waals surface area contributed by atoms with E-state index in [0.29, 0.717) is 31.1 Å².